The Balaban J connectivity index is 2.24. The highest BCUT2D eigenvalue weighted by molar-refractivity contribution is 6.28. The van der Waals surface area contributed by atoms with Gasteiger partial charge in [0.1, 0.15) is 11.4 Å². The number of ether oxygens (including phenoxy) is 1. The molecule has 1 aliphatic rings. The molecule has 0 saturated heterocycles. The molecule has 0 saturated carbocycles. The number of para-hydroxylation sites is 1. The van der Waals surface area contributed by atoms with E-state index in [1.807, 2.05) is 0 Å². The Labute approximate surface area is 108 Å². The first-order valence-corrected chi connectivity index (χ1v) is 5.62. The number of rotatable bonds is 0. The Hall–Kier alpha value is -2.14. The first-order chi connectivity index (χ1) is 8.66. The normalized spacial score (nSPS) is 13.4. The average molecular weight is 262 g/mol. The lowest BCUT2D eigenvalue weighted by Gasteiger charge is -2.14. The van der Waals surface area contributed by atoms with E-state index in [2.05, 4.69) is 9.97 Å². The zero-order valence-corrected chi connectivity index (χ0v) is 10.2. The van der Waals surface area contributed by atoms with Crippen LogP contribution in [0.25, 0.3) is 0 Å². The summed E-state index contributed by atoms with van der Waals surface area (Å²) in [5.74, 6) is 0.564. The van der Waals surface area contributed by atoms with Gasteiger partial charge in [-0.25, -0.2) is 4.98 Å². The molecule has 90 valence electrons. The molecule has 18 heavy (non-hydrogen) atoms. The van der Waals surface area contributed by atoms with Gasteiger partial charge in [-0.05, 0) is 23.7 Å². The summed E-state index contributed by atoms with van der Waals surface area (Å²) in [6.45, 7) is 0. The summed E-state index contributed by atoms with van der Waals surface area (Å²) >= 11 is 5.74. The van der Waals surface area contributed by atoms with Crippen LogP contribution in [-0.2, 0) is 0 Å². The fraction of sp³-hybridized carbons (Fsp3) is 0.0833. The Kier molecular flexibility index (Phi) is 2.41. The van der Waals surface area contributed by atoms with Crippen LogP contribution in [0.3, 0.4) is 0 Å². The Morgan fingerprint density at radius 1 is 1.33 bits per heavy atom. The summed E-state index contributed by atoms with van der Waals surface area (Å²) in [6, 6.07) is 6.99. The second-order valence-electron chi connectivity index (χ2n) is 3.79. The van der Waals surface area contributed by atoms with Crippen molar-refractivity contribution in [3.05, 3.63) is 41.3 Å². The second-order valence-corrected chi connectivity index (χ2v) is 4.13. The van der Waals surface area contributed by atoms with E-state index >= 15 is 0 Å². The largest absolute Gasteiger partial charge is 0.436 e. The molecule has 5 nitrogen and oxygen atoms in total. The number of carbonyl (C=O) groups excluding carboxylic acids is 1. The Bertz CT molecular complexity index is 645. The van der Waals surface area contributed by atoms with E-state index in [1.165, 1.54) is 11.1 Å². The Morgan fingerprint density at radius 2 is 2.11 bits per heavy atom. The smallest absolute Gasteiger partial charge is 0.261 e. The van der Waals surface area contributed by atoms with E-state index in [4.69, 9.17) is 16.3 Å². The summed E-state index contributed by atoms with van der Waals surface area (Å²) < 4.78 is 5.63. The van der Waals surface area contributed by atoms with Gasteiger partial charge in [0.05, 0.1) is 11.8 Å². The van der Waals surface area contributed by atoms with Crippen LogP contribution in [0.4, 0.5) is 5.69 Å². The van der Waals surface area contributed by atoms with Crippen molar-refractivity contribution in [3.8, 4) is 11.6 Å². The van der Waals surface area contributed by atoms with Gasteiger partial charge in [0, 0.05) is 7.05 Å². The molecule has 0 fully saturated rings. The van der Waals surface area contributed by atoms with E-state index in [9.17, 15) is 4.79 Å². The highest BCUT2D eigenvalue weighted by Crippen LogP contribution is 2.36. The zero-order chi connectivity index (χ0) is 12.7. The highest BCUT2D eigenvalue weighted by atomic mass is 35.5. The summed E-state index contributed by atoms with van der Waals surface area (Å²) in [6.07, 6.45) is 1.47. The van der Waals surface area contributed by atoms with Gasteiger partial charge in [0.2, 0.25) is 11.2 Å². The van der Waals surface area contributed by atoms with Crippen LogP contribution in [0.1, 0.15) is 10.4 Å². The molecule has 1 aliphatic heterocycles. The van der Waals surface area contributed by atoms with Gasteiger partial charge in [0.15, 0.2) is 0 Å². The molecule has 1 aromatic carbocycles. The average Bonchev–Trinajstić information content (AvgIpc) is 2.47. The number of hydrogen-bond donors (Lipinski definition) is 0. The molecule has 2 heterocycles. The molecule has 0 bridgehead atoms. The van der Waals surface area contributed by atoms with E-state index in [1.54, 1.807) is 31.3 Å². The number of halogens is 1. The molecule has 1 aromatic heterocycles. The van der Waals surface area contributed by atoms with Crippen molar-refractivity contribution in [2.45, 2.75) is 0 Å². The number of anilines is 1. The maximum atomic E-state index is 12.2. The highest BCUT2D eigenvalue weighted by Gasteiger charge is 2.26. The summed E-state index contributed by atoms with van der Waals surface area (Å²) in [7, 11) is 1.64. The molecule has 0 radical (unpaired) electrons. The molecule has 0 spiro atoms. The molecule has 6 heteroatoms. The number of fused-ring (bicyclic) bond motifs is 2. The van der Waals surface area contributed by atoms with Crippen LogP contribution in [0.2, 0.25) is 5.28 Å². The van der Waals surface area contributed by atoms with Gasteiger partial charge in [0.25, 0.3) is 5.91 Å². The minimum absolute atomic E-state index is 0.0778. The molecular formula is C12H8ClN3O2. The van der Waals surface area contributed by atoms with Crippen molar-refractivity contribution in [2.75, 3.05) is 11.9 Å². The van der Waals surface area contributed by atoms with Gasteiger partial charge in [-0.15, -0.1) is 0 Å². The summed E-state index contributed by atoms with van der Waals surface area (Å²) in [5.41, 5.74) is 0.967. The first kappa shape index (κ1) is 11.0. The van der Waals surface area contributed by atoms with E-state index in [0.29, 0.717) is 17.0 Å². The van der Waals surface area contributed by atoms with E-state index < -0.39 is 0 Å². The predicted molar refractivity (Wildman–Crippen MR) is 66.3 cm³/mol. The maximum Gasteiger partial charge on any atom is 0.261 e. The number of amides is 1. The minimum atomic E-state index is -0.171. The van der Waals surface area contributed by atoms with Gasteiger partial charge in [-0.3, -0.25) is 4.79 Å². The van der Waals surface area contributed by atoms with Crippen molar-refractivity contribution < 1.29 is 9.53 Å². The zero-order valence-electron chi connectivity index (χ0n) is 9.42. The van der Waals surface area contributed by atoms with Crippen LogP contribution in [-0.4, -0.2) is 22.9 Å². The van der Waals surface area contributed by atoms with Crippen LogP contribution in [0.5, 0.6) is 11.6 Å². The van der Waals surface area contributed by atoms with Gasteiger partial charge in [-0.2, -0.15) is 4.98 Å². The molecule has 3 rings (SSSR count). The van der Waals surface area contributed by atoms with Crippen LogP contribution in [0, 0.1) is 0 Å². The van der Waals surface area contributed by atoms with Crippen LogP contribution in [0.15, 0.2) is 30.5 Å². The van der Waals surface area contributed by atoms with Crippen molar-refractivity contribution in [3.63, 3.8) is 0 Å². The van der Waals surface area contributed by atoms with Crippen molar-refractivity contribution in [1.29, 1.82) is 0 Å². The quantitative estimate of drug-likeness (QED) is 0.684. The molecule has 0 unspecified atom stereocenters. The van der Waals surface area contributed by atoms with Crippen LogP contribution < -0.4 is 9.64 Å². The minimum Gasteiger partial charge on any atom is -0.436 e. The standard InChI is InChI=1S/C12H8ClN3O2/c1-16-8-6-14-12(13)15-10(8)18-9-5-3-2-4-7(9)11(16)17/h2-6H,1H3. The summed E-state index contributed by atoms with van der Waals surface area (Å²) in [5, 5.41) is 0.0778. The molecule has 1 amide bonds. The van der Waals surface area contributed by atoms with Crippen molar-refractivity contribution >= 4 is 23.2 Å². The van der Waals surface area contributed by atoms with Gasteiger partial charge in [-0.1, -0.05) is 12.1 Å². The fourth-order valence-corrected chi connectivity index (χ4v) is 1.90. The predicted octanol–water partition coefficient (Wildman–Crippen LogP) is 2.51. The first-order valence-electron chi connectivity index (χ1n) is 5.24. The molecule has 0 atom stereocenters. The third-order valence-electron chi connectivity index (χ3n) is 2.70. The van der Waals surface area contributed by atoms with E-state index in [-0.39, 0.29) is 17.1 Å². The third-order valence-corrected chi connectivity index (χ3v) is 2.88. The van der Waals surface area contributed by atoms with Gasteiger partial charge < -0.3 is 9.64 Å². The number of benzene rings is 1. The molecule has 0 N–H and O–H groups in total. The monoisotopic (exact) mass is 261 g/mol. The molecule has 0 aliphatic carbocycles. The summed E-state index contributed by atoms with van der Waals surface area (Å²) in [4.78, 5) is 21.5. The Morgan fingerprint density at radius 3 is 2.94 bits per heavy atom. The lowest BCUT2D eigenvalue weighted by molar-refractivity contribution is 0.0993. The van der Waals surface area contributed by atoms with E-state index in [0.717, 1.165) is 0 Å². The SMILES string of the molecule is CN1C(=O)c2ccccc2Oc2nc(Cl)ncc21. The lowest BCUT2D eigenvalue weighted by atomic mass is 10.2. The number of aromatic nitrogens is 2. The van der Waals surface area contributed by atoms with Gasteiger partial charge >= 0.3 is 0 Å². The van der Waals surface area contributed by atoms with Crippen molar-refractivity contribution in [1.82, 2.24) is 9.97 Å². The number of carbonyl (C=O) groups is 1. The van der Waals surface area contributed by atoms with Crippen LogP contribution >= 0.6 is 11.6 Å². The fourth-order valence-electron chi connectivity index (χ4n) is 1.77. The number of hydrogen-bond acceptors (Lipinski definition) is 4. The molecular weight excluding hydrogens is 254 g/mol. The maximum absolute atomic E-state index is 12.2. The topological polar surface area (TPSA) is 55.3 Å². The number of nitrogens with zero attached hydrogens (tertiary/aromatic N) is 3. The lowest BCUT2D eigenvalue weighted by Crippen LogP contribution is -2.25. The molecule has 2 aromatic rings. The second kappa shape index (κ2) is 3.96. The van der Waals surface area contributed by atoms with Crippen molar-refractivity contribution in [2.24, 2.45) is 0 Å². The third kappa shape index (κ3) is 1.60.